The fourth-order valence-corrected chi connectivity index (χ4v) is 2.70. The number of hydrogen-bond donors (Lipinski definition) is 0. The zero-order valence-corrected chi connectivity index (χ0v) is 11.2. The van der Waals surface area contributed by atoms with Gasteiger partial charge in [0.05, 0.1) is 17.3 Å². The Morgan fingerprint density at radius 2 is 1.94 bits per heavy atom. The highest BCUT2D eigenvalue weighted by Gasteiger charge is 2.23. The molecule has 1 aliphatic rings. The molecule has 1 fully saturated rings. The molecule has 0 saturated carbocycles. The Labute approximate surface area is 107 Å². The van der Waals surface area contributed by atoms with Crippen molar-refractivity contribution in [1.82, 2.24) is 4.90 Å². The van der Waals surface area contributed by atoms with E-state index >= 15 is 0 Å². The van der Waals surface area contributed by atoms with Gasteiger partial charge in [-0.1, -0.05) is 17.7 Å². The van der Waals surface area contributed by atoms with E-state index in [0.717, 1.165) is 34.9 Å². The Hall–Kier alpha value is -1.22. The monoisotopic (exact) mass is 252 g/mol. The summed E-state index contributed by atoms with van der Waals surface area (Å²) in [4.78, 5) is 15.5. The summed E-state index contributed by atoms with van der Waals surface area (Å²) in [6.07, 6.45) is 0. The van der Waals surface area contributed by atoms with Crippen molar-refractivity contribution in [3.8, 4) is 0 Å². The van der Waals surface area contributed by atoms with Crippen molar-refractivity contribution in [2.45, 2.75) is 13.8 Å². The van der Waals surface area contributed by atoms with Gasteiger partial charge >= 0.3 is 0 Å². The number of rotatable bonds is 1. The molecule has 0 N–H and O–H groups in total. The van der Waals surface area contributed by atoms with Gasteiger partial charge in [0.1, 0.15) is 0 Å². The molecule has 92 valence electrons. The quantitative estimate of drug-likeness (QED) is 0.765. The maximum Gasteiger partial charge on any atom is 0.241 e. The summed E-state index contributed by atoms with van der Waals surface area (Å²) in [6, 6.07) is 4.05. The number of likely N-dealkylation sites (N-methyl/N-ethyl adjacent to an activating group) is 1. The largest absolute Gasteiger partial charge is 0.359 e. The third kappa shape index (κ3) is 2.39. The Morgan fingerprint density at radius 1 is 1.24 bits per heavy atom. The summed E-state index contributed by atoms with van der Waals surface area (Å²) in [6.45, 7) is 6.07. The molecule has 3 nitrogen and oxygen atoms in total. The molecule has 0 aliphatic carbocycles. The van der Waals surface area contributed by atoms with Crippen molar-refractivity contribution < 1.29 is 4.79 Å². The summed E-state index contributed by atoms with van der Waals surface area (Å²) in [7, 11) is 1.84. The van der Waals surface area contributed by atoms with E-state index in [1.165, 1.54) is 0 Å². The molecule has 1 aromatic rings. The van der Waals surface area contributed by atoms with Gasteiger partial charge in [0, 0.05) is 20.1 Å². The maximum absolute atomic E-state index is 11.7. The summed E-state index contributed by atoms with van der Waals surface area (Å²) in [5.41, 5.74) is 3.28. The molecule has 1 amide bonds. The van der Waals surface area contributed by atoms with Gasteiger partial charge in [-0.25, -0.2) is 0 Å². The van der Waals surface area contributed by atoms with E-state index in [-0.39, 0.29) is 5.91 Å². The highest BCUT2D eigenvalue weighted by atomic mass is 35.5. The van der Waals surface area contributed by atoms with E-state index in [1.54, 1.807) is 4.90 Å². The molecule has 1 saturated heterocycles. The number of piperazine rings is 1. The van der Waals surface area contributed by atoms with Crippen LogP contribution in [0.1, 0.15) is 11.1 Å². The van der Waals surface area contributed by atoms with Crippen LogP contribution in [-0.4, -0.2) is 37.5 Å². The van der Waals surface area contributed by atoms with Gasteiger partial charge in [0.2, 0.25) is 5.91 Å². The molecule has 0 radical (unpaired) electrons. The van der Waals surface area contributed by atoms with Crippen molar-refractivity contribution in [3.05, 3.63) is 28.3 Å². The first kappa shape index (κ1) is 12.2. The lowest BCUT2D eigenvalue weighted by molar-refractivity contribution is -0.129. The third-order valence-corrected chi connectivity index (χ3v) is 3.46. The lowest BCUT2D eigenvalue weighted by atomic mass is 10.1. The number of halogens is 1. The molecule has 17 heavy (non-hydrogen) atoms. The fourth-order valence-electron chi connectivity index (χ4n) is 2.26. The molecule has 0 spiro atoms. The smallest absolute Gasteiger partial charge is 0.241 e. The molecule has 0 atom stereocenters. The summed E-state index contributed by atoms with van der Waals surface area (Å²) < 4.78 is 0. The number of carbonyl (C=O) groups is 1. The van der Waals surface area contributed by atoms with Crippen LogP contribution in [0.5, 0.6) is 0 Å². The lowest BCUT2D eigenvalue weighted by Crippen LogP contribution is -2.48. The molecule has 1 aromatic carbocycles. The molecular formula is C13H17ClN2O. The van der Waals surface area contributed by atoms with Crippen LogP contribution < -0.4 is 4.90 Å². The Balaban J connectivity index is 2.32. The first-order valence-electron chi connectivity index (χ1n) is 5.74. The summed E-state index contributed by atoms with van der Waals surface area (Å²) in [5, 5.41) is 0.736. The van der Waals surface area contributed by atoms with Gasteiger partial charge in [-0.15, -0.1) is 0 Å². The molecule has 1 heterocycles. The Bertz CT molecular complexity index is 436. The minimum absolute atomic E-state index is 0.146. The maximum atomic E-state index is 11.7. The van der Waals surface area contributed by atoms with Crippen LogP contribution in [-0.2, 0) is 4.79 Å². The molecule has 0 aromatic heterocycles. The average Bonchev–Trinajstić information content (AvgIpc) is 2.21. The van der Waals surface area contributed by atoms with E-state index in [2.05, 4.69) is 11.0 Å². The van der Waals surface area contributed by atoms with Gasteiger partial charge in [0.25, 0.3) is 0 Å². The highest BCUT2D eigenvalue weighted by molar-refractivity contribution is 6.33. The van der Waals surface area contributed by atoms with Crippen LogP contribution >= 0.6 is 11.6 Å². The van der Waals surface area contributed by atoms with E-state index in [0.29, 0.717) is 6.54 Å². The Kier molecular flexibility index (Phi) is 3.29. The second-order valence-electron chi connectivity index (χ2n) is 4.65. The van der Waals surface area contributed by atoms with Gasteiger partial charge in [-0.3, -0.25) is 4.79 Å². The third-order valence-electron chi connectivity index (χ3n) is 3.17. The number of hydrogen-bond acceptors (Lipinski definition) is 2. The minimum Gasteiger partial charge on any atom is -0.359 e. The van der Waals surface area contributed by atoms with Gasteiger partial charge < -0.3 is 9.80 Å². The number of amides is 1. The predicted molar refractivity (Wildman–Crippen MR) is 70.8 cm³/mol. The van der Waals surface area contributed by atoms with Crippen LogP contribution in [0.25, 0.3) is 0 Å². The van der Waals surface area contributed by atoms with Crippen LogP contribution in [0.4, 0.5) is 5.69 Å². The van der Waals surface area contributed by atoms with Crippen molar-refractivity contribution in [2.75, 3.05) is 31.6 Å². The van der Waals surface area contributed by atoms with E-state index in [9.17, 15) is 4.79 Å². The lowest BCUT2D eigenvalue weighted by Gasteiger charge is -2.35. The minimum atomic E-state index is 0.146. The average molecular weight is 253 g/mol. The second kappa shape index (κ2) is 4.57. The van der Waals surface area contributed by atoms with Crippen LogP contribution in [0.2, 0.25) is 5.02 Å². The number of benzene rings is 1. The number of aryl methyl sites for hydroxylation is 2. The predicted octanol–water partition coefficient (Wildman–Crippen LogP) is 2.24. The van der Waals surface area contributed by atoms with Crippen LogP contribution in [0.3, 0.4) is 0 Å². The van der Waals surface area contributed by atoms with Gasteiger partial charge in [-0.2, -0.15) is 0 Å². The molecule has 2 rings (SSSR count). The number of anilines is 1. The second-order valence-corrected chi connectivity index (χ2v) is 5.06. The number of carbonyl (C=O) groups excluding carboxylic acids is 1. The summed E-state index contributed by atoms with van der Waals surface area (Å²) in [5.74, 6) is 0.146. The van der Waals surface area contributed by atoms with E-state index < -0.39 is 0 Å². The normalized spacial score (nSPS) is 16.6. The molecule has 0 bridgehead atoms. The molecule has 4 heteroatoms. The highest BCUT2D eigenvalue weighted by Crippen LogP contribution is 2.31. The molecular weight excluding hydrogens is 236 g/mol. The van der Waals surface area contributed by atoms with Crippen molar-refractivity contribution in [2.24, 2.45) is 0 Å². The zero-order valence-electron chi connectivity index (χ0n) is 10.5. The molecule has 0 unspecified atom stereocenters. The SMILES string of the molecule is Cc1cc(C)c(N2CCN(C)C(=O)C2)c(Cl)c1. The van der Waals surface area contributed by atoms with E-state index in [1.807, 2.05) is 27.0 Å². The fraction of sp³-hybridized carbons (Fsp3) is 0.462. The zero-order chi connectivity index (χ0) is 12.6. The van der Waals surface area contributed by atoms with Gasteiger partial charge in [0.15, 0.2) is 0 Å². The Morgan fingerprint density at radius 3 is 2.53 bits per heavy atom. The topological polar surface area (TPSA) is 23.6 Å². The van der Waals surface area contributed by atoms with Crippen LogP contribution in [0, 0.1) is 13.8 Å². The van der Waals surface area contributed by atoms with Crippen LogP contribution in [0.15, 0.2) is 12.1 Å². The first-order valence-corrected chi connectivity index (χ1v) is 6.12. The summed E-state index contributed by atoms with van der Waals surface area (Å²) >= 11 is 6.29. The van der Waals surface area contributed by atoms with Crippen molar-refractivity contribution >= 4 is 23.2 Å². The van der Waals surface area contributed by atoms with Gasteiger partial charge in [-0.05, 0) is 31.0 Å². The number of nitrogens with zero attached hydrogens (tertiary/aromatic N) is 2. The molecule has 1 aliphatic heterocycles. The standard InChI is InChI=1S/C13H17ClN2O/c1-9-6-10(2)13(11(14)7-9)16-5-4-15(3)12(17)8-16/h6-7H,4-5,8H2,1-3H3. The van der Waals surface area contributed by atoms with Crippen molar-refractivity contribution in [3.63, 3.8) is 0 Å². The van der Waals surface area contributed by atoms with Crippen molar-refractivity contribution in [1.29, 1.82) is 0 Å². The van der Waals surface area contributed by atoms with E-state index in [4.69, 9.17) is 11.6 Å². The first-order chi connectivity index (χ1) is 7.99.